The van der Waals surface area contributed by atoms with E-state index in [1.807, 2.05) is 37.3 Å². The minimum atomic E-state index is -0.156. The average Bonchev–Trinajstić information content (AvgIpc) is 2.29. The van der Waals surface area contributed by atoms with E-state index < -0.39 is 0 Å². The Hall–Kier alpha value is -1.77. The van der Waals surface area contributed by atoms with Crippen molar-refractivity contribution in [2.45, 2.75) is 19.8 Å². The Morgan fingerprint density at radius 1 is 1.38 bits per heavy atom. The molecule has 0 aromatic heterocycles. The Labute approximate surface area is 96.1 Å². The number of anilines is 1. The highest BCUT2D eigenvalue weighted by Crippen LogP contribution is 2.08. The topological polar surface area (TPSA) is 38.3 Å². The molecule has 0 fully saturated rings. The molecule has 86 valence electrons. The third-order valence-corrected chi connectivity index (χ3v) is 2.09. The maximum absolute atomic E-state index is 11.6. The largest absolute Gasteiger partial charge is 0.501 e. The second-order valence-electron chi connectivity index (χ2n) is 3.42. The summed E-state index contributed by atoms with van der Waals surface area (Å²) in [6.45, 7) is 2.04. The van der Waals surface area contributed by atoms with E-state index in [-0.39, 0.29) is 5.91 Å². The minimum Gasteiger partial charge on any atom is -0.501 e. The van der Waals surface area contributed by atoms with Crippen LogP contribution in [0.2, 0.25) is 0 Å². The molecule has 1 amide bonds. The number of rotatable bonds is 5. The minimum absolute atomic E-state index is 0.156. The number of hydrogen-bond acceptors (Lipinski definition) is 2. The van der Waals surface area contributed by atoms with Gasteiger partial charge in [0, 0.05) is 18.2 Å². The lowest BCUT2D eigenvalue weighted by Crippen LogP contribution is -2.09. The molecule has 0 aliphatic carbocycles. The molecule has 0 radical (unpaired) electrons. The Kier molecular flexibility index (Phi) is 5.12. The zero-order valence-corrected chi connectivity index (χ0v) is 9.69. The summed E-state index contributed by atoms with van der Waals surface area (Å²) in [5.74, 6) is 0.549. The van der Waals surface area contributed by atoms with Crippen LogP contribution >= 0.6 is 0 Å². The fraction of sp³-hybridized carbons (Fsp3) is 0.308. The quantitative estimate of drug-likeness (QED) is 0.610. The van der Waals surface area contributed by atoms with Gasteiger partial charge < -0.3 is 10.1 Å². The molecule has 1 N–H and O–H groups in total. The fourth-order valence-electron chi connectivity index (χ4n) is 1.33. The molecule has 3 nitrogen and oxygen atoms in total. The number of benzene rings is 1. The lowest BCUT2D eigenvalue weighted by molar-refractivity contribution is -0.112. The molecule has 0 atom stereocenters. The van der Waals surface area contributed by atoms with E-state index in [2.05, 4.69) is 5.32 Å². The summed E-state index contributed by atoms with van der Waals surface area (Å²) < 4.78 is 5.10. The molecule has 0 aliphatic heterocycles. The standard InChI is InChI=1S/C13H17NO2/c1-3-7-12(16-2)10-13(15)14-11-8-5-4-6-9-11/h4-6,8-10H,3,7H2,1-2H3,(H,14,15)/b12-10-. The summed E-state index contributed by atoms with van der Waals surface area (Å²) in [7, 11) is 1.58. The lowest BCUT2D eigenvalue weighted by Gasteiger charge is -2.05. The van der Waals surface area contributed by atoms with Crippen LogP contribution < -0.4 is 5.32 Å². The summed E-state index contributed by atoms with van der Waals surface area (Å²) in [5.41, 5.74) is 0.788. The summed E-state index contributed by atoms with van der Waals surface area (Å²) in [5, 5.41) is 2.77. The lowest BCUT2D eigenvalue weighted by atomic mass is 10.2. The van der Waals surface area contributed by atoms with E-state index in [0.29, 0.717) is 5.76 Å². The maximum atomic E-state index is 11.6. The van der Waals surface area contributed by atoms with Gasteiger partial charge in [0.05, 0.1) is 7.11 Å². The van der Waals surface area contributed by atoms with Gasteiger partial charge in [0.15, 0.2) is 0 Å². The molecule has 0 spiro atoms. The van der Waals surface area contributed by atoms with Crippen molar-refractivity contribution in [2.24, 2.45) is 0 Å². The van der Waals surface area contributed by atoms with Crippen LogP contribution in [0.1, 0.15) is 19.8 Å². The normalized spacial score (nSPS) is 11.0. The molecular formula is C13H17NO2. The van der Waals surface area contributed by atoms with Crippen LogP contribution in [0.3, 0.4) is 0 Å². The number of ether oxygens (including phenoxy) is 1. The molecule has 0 saturated heterocycles. The molecule has 0 heterocycles. The Bertz CT molecular complexity index is 357. The summed E-state index contributed by atoms with van der Waals surface area (Å²) in [6, 6.07) is 9.35. The van der Waals surface area contributed by atoms with E-state index >= 15 is 0 Å². The van der Waals surface area contributed by atoms with Crippen molar-refractivity contribution in [3.8, 4) is 0 Å². The highest BCUT2D eigenvalue weighted by molar-refractivity contribution is 5.99. The van der Waals surface area contributed by atoms with Crippen molar-refractivity contribution in [3.63, 3.8) is 0 Å². The van der Waals surface area contributed by atoms with Crippen LogP contribution in [0.25, 0.3) is 0 Å². The number of methoxy groups -OCH3 is 1. The van der Waals surface area contributed by atoms with Crippen LogP contribution in [0.15, 0.2) is 42.2 Å². The number of amides is 1. The SMILES string of the molecule is CCC/C(=C/C(=O)Nc1ccccc1)OC. The van der Waals surface area contributed by atoms with Crippen molar-refractivity contribution in [1.82, 2.24) is 0 Å². The van der Waals surface area contributed by atoms with E-state index in [1.54, 1.807) is 7.11 Å². The molecule has 1 rings (SSSR count). The number of hydrogen-bond donors (Lipinski definition) is 1. The van der Waals surface area contributed by atoms with Gasteiger partial charge in [-0.15, -0.1) is 0 Å². The van der Waals surface area contributed by atoms with Crippen LogP contribution in [0.4, 0.5) is 5.69 Å². The first-order chi connectivity index (χ1) is 7.76. The number of allylic oxidation sites excluding steroid dienone is 1. The van der Waals surface area contributed by atoms with Gasteiger partial charge in [0.25, 0.3) is 5.91 Å². The van der Waals surface area contributed by atoms with Gasteiger partial charge in [-0.2, -0.15) is 0 Å². The first-order valence-electron chi connectivity index (χ1n) is 5.37. The van der Waals surface area contributed by atoms with Gasteiger partial charge in [-0.3, -0.25) is 4.79 Å². The van der Waals surface area contributed by atoms with Crippen LogP contribution in [0, 0.1) is 0 Å². The summed E-state index contributed by atoms with van der Waals surface area (Å²) in [4.78, 5) is 11.6. The highest BCUT2D eigenvalue weighted by Gasteiger charge is 2.01. The molecular weight excluding hydrogens is 202 g/mol. The van der Waals surface area contributed by atoms with E-state index in [0.717, 1.165) is 18.5 Å². The highest BCUT2D eigenvalue weighted by atomic mass is 16.5. The molecule has 16 heavy (non-hydrogen) atoms. The molecule has 0 saturated carbocycles. The second kappa shape index (κ2) is 6.67. The monoisotopic (exact) mass is 219 g/mol. The first kappa shape index (κ1) is 12.3. The van der Waals surface area contributed by atoms with Gasteiger partial charge in [-0.1, -0.05) is 25.1 Å². The second-order valence-corrected chi connectivity index (χ2v) is 3.42. The van der Waals surface area contributed by atoms with E-state index in [9.17, 15) is 4.79 Å². The van der Waals surface area contributed by atoms with Crippen molar-refractivity contribution in [2.75, 3.05) is 12.4 Å². The molecule has 0 bridgehead atoms. The Balaban J connectivity index is 2.59. The van der Waals surface area contributed by atoms with Crippen LogP contribution in [0.5, 0.6) is 0 Å². The van der Waals surface area contributed by atoms with Gasteiger partial charge >= 0.3 is 0 Å². The van der Waals surface area contributed by atoms with Crippen molar-refractivity contribution in [3.05, 3.63) is 42.2 Å². The van der Waals surface area contributed by atoms with Gasteiger partial charge in [0.2, 0.25) is 0 Å². The molecule has 1 aromatic carbocycles. The van der Waals surface area contributed by atoms with Gasteiger partial charge in [-0.25, -0.2) is 0 Å². The smallest absolute Gasteiger partial charge is 0.251 e. The number of para-hydroxylation sites is 1. The summed E-state index contributed by atoms with van der Waals surface area (Å²) in [6.07, 6.45) is 3.23. The third-order valence-electron chi connectivity index (χ3n) is 2.09. The fourth-order valence-corrected chi connectivity index (χ4v) is 1.33. The van der Waals surface area contributed by atoms with Crippen molar-refractivity contribution >= 4 is 11.6 Å². The molecule has 3 heteroatoms. The van der Waals surface area contributed by atoms with Crippen LogP contribution in [-0.2, 0) is 9.53 Å². The molecule has 1 aromatic rings. The zero-order chi connectivity index (χ0) is 11.8. The summed E-state index contributed by atoms with van der Waals surface area (Å²) >= 11 is 0. The maximum Gasteiger partial charge on any atom is 0.251 e. The molecule has 0 unspecified atom stereocenters. The van der Waals surface area contributed by atoms with Gasteiger partial charge in [0.1, 0.15) is 5.76 Å². The zero-order valence-electron chi connectivity index (χ0n) is 9.69. The van der Waals surface area contributed by atoms with E-state index in [1.165, 1.54) is 6.08 Å². The van der Waals surface area contributed by atoms with Gasteiger partial charge in [-0.05, 0) is 18.6 Å². The van der Waals surface area contributed by atoms with Crippen molar-refractivity contribution in [1.29, 1.82) is 0 Å². The van der Waals surface area contributed by atoms with E-state index in [4.69, 9.17) is 4.74 Å². The predicted molar refractivity (Wildman–Crippen MR) is 65.1 cm³/mol. The Morgan fingerprint density at radius 3 is 2.62 bits per heavy atom. The van der Waals surface area contributed by atoms with Crippen LogP contribution in [-0.4, -0.2) is 13.0 Å². The Morgan fingerprint density at radius 2 is 2.06 bits per heavy atom. The number of carbonyl (C=O) groups excluding carboxylic acids is 1. The third kappa shape index (κ3) is 4.17. The van der Waals surface area contributed by atoms with Crippen molar-refractivity contribution < 1.29 is 9.53 Å². The molecule has 0 aliphatic rings. The first-order valence-corrected chi connectivity index (χ1v) is 5.37. The average molecular weight is 219 g/mol. The number of carbonyl (C=O) groups is 1. The number of nitrogens with one attached hydrogen (secondary N) is 1. The predicted octanol–water partition coefficient (Wildman–Crippen LogP) is 2.96.